The maximum absolute atomic E-state index is 13.0. The number of benzene rings is 2. The largest absolute Gasteiger partial charge is 0.416 e. The van der Waals surface area contributed by atoms with Gasteiger partial charge >= 0.3 is 6.18 Å². The Labute approximate surface area is 194 Å². The van der Waals surface area contributed by atoms with Gasteiger partial charge in [0, 0.05) is 18.9 Å². The molecule has 0 atom stereocenters. The Bertz CT molecular complexity index is 1250. The molecule has 0 aliphatic heterocycles. The minimum absolute atomic E-state index is 0.0717. The van der Waals surface area contributed by atoms with Crippen LogP contribution in [0.3, 0.4) is 0 Å². The van der Waals surface area contributed by atoms with Crippen molar-refractivity contribution in [2.75, 3.05) is 0 Å². The van der Waals surface area contributed by atoms with Crippen molar-refractivity contribution in [2.24, 2.45) is 0 Å². The van der Waals surface area contributed by atoms with E-state index in [0.717, 1.165) is 42.5 Å². The number of hydrogen-bond acceptors (Lipinski definition) is 4. The third-order valence-corrected chi connectivity index (χ3v) is 7.89. The standard InChI is InChI=1S/C24H22F3NO3S2/c25-24(26,27)19-4-1-3-16(11-19)12-21(29)13-18-14-22(33(30,31)28-20-5-2-6-20)7-8-23(18)17-9-10-32-15-17/h1,3-4,7-11,14-15,20,28H,2,5-6,12-13H2. The first-order chi connectivity index (χ1) is 15.6. The van der Waals surface area contributed by atoms with Crippen LogP contribution in [-0.2, 0) is 33.8 Å². The van der Waals surface area contributed by atoms with Crippen molar-refractivity contribution in [1.82, 2.24) is 4.72 Å². The number of carbonyl (C=O) groups excluding carboxylic acids is 1. The molecule has 0 unspecified atom stereocenters. The molecule has 9 heteroatoms. The number of carbonyl (C=O) groups is 1. The number of alkyl halides is 3. The molecule has 4 rings (SSSR count). The van der Waals surface area contributed by atoms with Crippen LogP contribution in [0.2, 0.25) is 0 Å². The second-order valence-electron chi connectivity index (χ2n) is 8.17. The van der Waals surface area contributed by atoms with Gasteiger partial charge in [-0.2, -0.15) is 24.5 Å². The summed E-state index contributed by atoms with van der Waals surface area (Å²) in [6, 6.07) is 11.2. The molecule has 0 amide bonds. The van der Waals surface area contributed by atoms with Crippen LogP contribution in [0, 0.1) is 0 Å². The highest BCUT2D eigenvalue weighted by Gasteiger charge is 2.30. The fraction of sp³-hybridized carbons (Fsp3) is 0.292. The smallest absolute Gasteiger partial charge is 0.299 e. The summed E-state index contributed by atoms with van der Waals surface area (Å²) < 4.78 is 67.2. The van der Waals surface area contributed by atoms with Crippen LogP contribution in [0.4, 0.5) is 13.2 Å². The van der Waals surface area contributed by atoms with E-state index >= 15 is 0 Å². The van der Waals surface area contributed by atoms with Gasteiger partial charge in [0.2, 0.25) is 10.0 Å². The second kappa shape index (κ2) is 9.40. The van der Waals surface area contributed by atoms with Crippen LogP contribution in [0.25, 0.3) is 11.1 Å². The number of nitrogens with one attached hydrogen (secondary N) is 1. The Morgan fingerprint density at radius 3 is 2.48 bits per heavy atom. The molecule has 4 nitrogen and oxygen atoms in total. The molecule has 1 aliphatic rings. The highest BCUT2D eigenvalue weighted by molar-refractivity contribution is 7.89. The molecule has 1 heterocycles. The van der Waals surface area contributed by atoms with Crippen LogP contribution < -0.4 is 4.72 Å². The van der Waals surface area contributed by atoms with E-state index in [4.69, 9.17) is 0 Å². The van der Waals surface area contributed by atoms with Crippen LogP contribution >= 0.6 is 11.3 Å². The predicted octanol–water partition coefficient (Wildman–Crippen LogP) is 5.62. The molecule has 1 fully saturated rings. The Morgan fingerprint density at radius 1 is 1.06 bits per heavy atom. The van der Waals surface area contributed by atoms with E-state index in [1.165, 1.54) is 35.6 Å². The molecule has 2 aromatic carbocycles. The molecule has 1 aliphatic carbocycles. The topological polar surface area (TPSA) is 63.2 Å². The quantitative estimate of drug-likeness (QED) is 0.443. The third-order valence-electron chi connectivity index (χ3n) is 5.69. The van der Waals surface area contributed by atoms with Crippen molar-refractivity contribution in [2.45, 2.75) is 49.2 Å². The SMILES string of the molecule is O=C(Cc1cccc(C(F)(F)F)c1)Cc1cc(S(=O)(=O)NC2CCC2)ccc1-c1ccsc1. The average Bonchev–Trinajstić information content (AvgIpc) is 3.25. The highest BCUT2D eigenvalue weighted by Crippen LogP contribution is 2.31. The van der Waals surface area contributed by atoms with Crippen molar-refractivity contribution in [1.29, 1.82) is 0 Å². The van der Waals surface area contributed by atoms with E-state index in [2.05, 4.69) is 4.72 Å². The van der Waals surface area contributed by atoms with Gasteiger partial charge in [0.05, 0.1) is 10.5 Å². The monoisotopic (exact) mass is 493 g/mol. The van der Waals surface area contributed by atoms with Crippen molar-refractivity contribution >= 4 is 27.1 Å². The third kappa shape index (κ3) is 5.72. The highest BCUT2D eigenvalue weighted by atomic mass is 32.2. The zero-order valence-electron chi connectivity index (χ0n) is 17.6. The van der Waals surface area contributed by atoms with E-state index in [9.17, 15) is 26.4 Å². The number of ketones is 1. The number of Topliss-reactive ketones (excluding diaryl/α,β-unsaturated/α-hetero) is 1. The van der Waals surface area contributed by atoms with Gasteiger partial charge < -0.3 is 0 Å². The number of hydrogen-bond donors (Lipinski definition) is 1. The lowest BCUT2D eigenvalue weighted by molar-refractivity contribution is -0.137. The first-order valence-electron chi connectivity index (χ1n) is 10.5. The van der Waals surface area contributed by atoms with Gasteiger partial charge in [-0.1, -0.05) is 30.7 Å². The first-order valence-corrected chi connectivity index (χ1v) is 12.9. The van der Waals surface area contributed by atoms with Gasteiger partial charge in [-0.05, 0) is 70.1 Å². The average molecular weight is 494 g/mol. The molecule has 1 aromatic heterocycles. The first kappa shape index (κ1) is 23.7. The fourth-order valence-corrected chi connectivity index (χ4v) is 5.77. The summed E-state index contributed by atoms with van der Waals surface area (Å²) in [5.74, 6) is -0.299. The van der Waals surface area contributed by atoms with E-state index in [1.54, 1.807) is 6.07 Å². The van der Waals surface area contributed by atoms with Crippen LogP contribution in [0.15, 0.2) is 64.2 Å². The summed E-state index contributed by atoms with van der Waals surface area (Å²) in [6.45, 7) is 0. The van der Waals surface area contributed by atoms with E-state index in [1.807, 2.05) is 16.8 Å². The summed E-state index contributed by atoms with van der Waals surface area (Å²) in [5.41, 5.74) is 1.58. The lowest BCUT2D eigenvalue weighted by Gasteiger charge is -2.26. The molecule has 1 saturated carbocycles. The number of rotatable bonds is 8. The Morgan fingerprint density at radius 2 is 1.85 bits per heavy atom. The Kier molecular flexibility index (Phi) is 6.74. The summed E-state index contributed by atoms with van der Waals surface area (Å²) in [7, 11) is -3.73. The van der Waals surface area contributed by atoms with Crippen molar-refractivity contribution in [3.63, 3.8) is 0 Å². The van der Waals surface area contributed by atoms with E-state index in [-0.39, 0.29) is 35.1 Å². The van der Waals surface area contributed by atoms with Gasteiger partial charge in [-0.15, -0.1) is 0 Å². The lowest BCUT2D eigenvalue weighted by Crippen LogP contribution is -2.39. The zero-order valence-corrected chi connectivity index (χ0v) is 19.2. The summed E-state index contributed by atoms with van der Waals surface area (Å²) in [6.07, 6.45) is -2.16. The van der Waals surface area contributed by atoms with Gasteiger partial charge in [-0.25, -0.2) is 13.1 Å². The normalized spacial score (nSPS) is 14.8. The summed E-state index contributed by atoms with van der Waals surface area (Å²) >= 11 is 1.48. The van der Waals surface area contributed by atoms with Crippen molar-refractivity contribution < 1.29 is 26.4 Å². The van der Waals surface area contributed by atoms with Crippen LogP contribution in [0.5, 0.6) is 0 Å². The van der Waals surface area contributed by atoms with E-state index in [0.29, 0.717) is 5.56 Å². The number of sulfonamides is 1. The molecule has 33 heavy (non-hydrogen) atoms. The Hall–Kier alpha value is -2.49. The molecule has 3 aromatic rings. The Balaban J connectivity index is 1.60. The molecule has 0 saturated heterocycles. The van der Waals surface area contributed by atoms with Gasteiger partial charge in [0.15, 0.2) is 0 Å². The van der Waals surface area contributed by atoms with E-state index < -0.39 is 21.8 Å². The lowest BCUT2D eigenvalue weighted by atomic mass is 9.94. The summed E-state index contributed by atoms with van der Waals surface area (Å²) in [4.78, 5) is 12.9. The molecule has 0 bridgehead atoms. The molecule has 174 valence electrons. The minimum Gasteiger partial charge on any atom is -0.299 e. The molecule has 1 N–H and O–H groups in total. The number of halogens is 3. The van der Waals surface area contributed by atoms with Gasteiger partial charge in [0.1, 0.15) is 5.78 Å². The molecule has 0 radical (unpaired) electrons. The number of thiophene rings is 1. The minimum atomic E-state index is -4.48. The van der Waals surface area contributed by atoms with Crippen LogP contribution in [-0.4, -0.2) is 20.2 Å². The van der Waals surface area contributed by atoms with Crippen molar-refractivity contribution in [3.05, 3.63) is 76.0 Å². The van der Waals surface area contributed by atoms with Crippen LogP contribution in [0.1, 0.15) is 36.0 Å². The molecular weight excluding hydrogens is 471 g/mol. The van der Waals surface area contributed by atoms with Crippen molar-refractivity contribution in [3.8, 4) is 11.1 Å². The second-order valence-corrected chi connectivity index (χ2v) is 10.7. The zero-order chi connectivity index (χ0) is 23.6. The fourth-order valence-electron chi connectivity index (χ4n) is 3.76. The van der Waals surface area contributed by atoms with Gasteiger partial charge in [-0.3, -0.25) is 4.79 Å². The molecular formula is C24H22F3NO3S2. The summed E-state index contributed by atoms with van der Waals surface area (Å²) in [5, 5.41) is 3.78. The molecule has 0 spiro atoms. The maximum Gasteiger partial charge on any atom is 0.416 e. The predicted molar refractivity (Wildman–Crippen MR) is 122 cm³/mol. The maximum atomic E-state index is 13.0. The van der Waals surface area contributed by atoms with Gasteiger partial charge in [0.25, 0.3) is 0 Å².